The average molecular weight is 614 g/mol. The quantitative estimate of drug-likeness (QED) is 0.338. The minimum atomic E-state index is -6.38. The molecule has 41 heavy (non-hydrogen) atoms. The van der Waals surface area contributed by atoms with Gasteiger partial charge in [-0.15, -0.1) is 0 Å². The number of amides is 1. The second-order valence-corrected chi connectivity index (χ2v) is 12.4. The Hall–Kier alpha value is -3.23. The van der Waals surface area contributed by atoms with Gasteiger partial charge in [-0.1, -0.05) is 18.2 Å². The van der Waals surface area contributed by atoms with Gasteiger partial charge in [0.05, 0.1) is 4.90 Å². The van der Waals surface area contributed by atoms with E-state index in [-0.39, 0.29) is 42.9 Å². The number of fused-ring (bicyclic) bond motifs is 3. The molecule has 1 amide bonds. The fourth-order valence-corrected chi connectivity index (χ4v) is 8.55. The number of carboxylic acids is 1. The summed E-state index contributed by atoms with van der Waals surface area (Å²) in [4.78, 5) is 23.9. The number of carbonyl (C=O) groups is 2. The molecule has 15 heteroatoms. The second-order valence-electron chi connectivity index (χ2n) is 10.2. The summed E-state index contributed by atoms with van der Waals surface area (Å²) < 4.78 is 135. The van der Waals surface area contributed by atoms with E-state index in [9.17, 15) is 53.1 Å². The molecule has 2 aromatic rings. The number of nitrogens with one attached hydrogen (secondary N) is 1. The summed E-state index contributed by atoms with van der Waals surface area (Å²) in [5.41, 5.74) is -7.98. The van der Waals surface area contributed by atoms with Gasteiger partial charge in [0.15, 0.2) is 9.84 Å². The van der Waals surface area contributed by atoms with Gasteiger partial charge in [0.1, 0.15) is 16.6 Å². The van der Waals surface area contributed by atoms with Crippen LogP contribution in [0.4, 0.5) is 35.1 Å². The van der Waals surface area contributed by atoms with Crippen LogP contribution in [0.25, 0.3) is 0 Å². The van der Waals surface area contributed by atoms with Crippen LogP contribution in [0.2, 0.25) is 0 Å². The number of aryl methyl sites for hydroxylation is 1. The van der Waals surface area contributed by atoms with E-state index in [1.807, 2.05) is 0 Å². The van der Waals surface area contributed by atoms with E-state index in [1.54, 1.807) is 0 Å². The number of carbonyl (C=O) groups excluding carboxylic acids is 1. The number of alkyl halides is 7. The Bertz CT molecular complexity index is 1460. The van der Waals surface area contributed by atoms with E-state index in [2.05, 4.69) is 5.32 Å². The molecule has 1 fully saturated rings. The topological polar surface area (TPSA) is 101 Å². The summed E-state index contributed by atoms with van der Waals surface area (Å²) in [7, 11) is -4.61. The van der Waals surface area contributed by atoms with Crippen molar-refractivity contribution in [3.8, 4) is 0 Å². The van der Waals surface area contributed by atoms with Crippen LogP contribution >= 0.6 is 0 Å². The van der Waals surface area contributed by atoms with Gasteiger partial charge < -0.3 is 10.4 Å². The van der Waals surface area contributed by atoms with E-state index in [4.69, 9.17) is 5.11 Å². The maximum Gasteiger partial charge on any atom is 0.435 e. The first-order valence-electron chi connectivity index (χ1n) is 12.3. The zero-order valence-corrected chi connectivity index (χ0v) is 21.9. The summed E-state index contributed by atoms with van der Waals surface area (Å²) in [5, 5.41) is 11.4. The van der Waals surface area contributed by atoms with E-state index in [1.165, 1.54) is 6.92 Å². The Balaban J connectivity index is 1.92. The Kier molecular flexibility index (Phi) is 7.45. The summed E-state index contributed by atoms with van der Waals surface area (Å²) in [6.07, 6.45) is -13.7. The molecule has 0 heterocycles. The molecule has 4 rings (SSSR count). The standard InChI is InChI=1S/C26H23F8NO5S/c1-13(22(37)38)35-21(36)18-10-11-23(41(39,40)17-6-4-16(27)5-7-17)19-9-3-15(12-14(19)2-8-20(18)23)24(28,25(29,30)31)26(32,33)34/h3-7,9,12-13,18,20H,2,8,10-11H2,1H3,(H,35,36)(H,37,38)/t13-,18+,20-,23+/m0/s1. The highest BCUT2D eigenvalue weighted by Gasteiger charge is 2.74. The van der Waals surface area contributed by atoms with Crippen molar-refractivity contribution in [2.75, 3.05) is 0 Å². The first-order valence-corrected chi connectivity index (χ1v) is 13.8. The minimum absolute atomic E-state index is 0.122. The number of rotatable bonds is 6. The molecule has 1 saturated carbocycles. The number of sulfone groups is 1. The Morgan fingerprint density at radius 3 is 2.10 bits per heavy atom. The maximum atomic E-state index is 14.9. The van der Waals surface area contributed by atoms with Crippen LogP contribution in [0, 0.1) is 17.7 Å². The zero-order chi connectivity index (χ0) is 30.8. The third kappa shape index (κ3) is 4.65. The van der Waals surface area contributed by atoms with Gasteiger partial charge >= 0.3 is 24.0 Å². The van der Waals surface area contributed by atoms with Crippen molar-refractivity contribution in [1.29, 1.82) is 0 Å². The highest BCUT2D eigenvalue weighted by atomic mass is 32.2. The molecule has 0 radical (unpaired) electrons. The summed E-state index contributed by atoms with van der Waals surface area (Å²) in [6.45, 7) is 1.18. The zero-order valence-electron chi connectivity index (χ0n) is 21.1. The largest absolute Gasteiger partial charge is 0.480 e. The molecule has 2 aliphatic rings. The molecule has 6 nitrogen and oxygen atoms in total. The Labute approximate surface area is 228 Å². The van der Waals surface area contributed by atoms with E-state index >= 15 is 0 Å². The summed E-state index contributed by atoms with van der Waals surface area (Å²) in [6, 6.07) is 3.55. The molecular weight excluding hydrogens is 590 g/mol. The van der Waals surface area contributed by atoms with Crippen LogP contribution < -0.4 is 5.32 Å². The van der Waals surface area contributed by atoms with Gasteiger partial charge in [0.25, 0.3) is 0 Å². The average Bonchev–Trinajstić information content (AvgIpc) is 3.28. The predicted molar refractivity (Wildman–Crippen MR) is 126 cm³/mol. The van der Waals surface area contributed by atoms with Gasteiger partial charge in [-0.25, -0.2) is 17.2 Å². The van der Waals surface area contributed by atoms with Gasteiger partial charge in [-0.3, -0.25) is 9.59 Å². The lowest BCUT2D eigenvalue weighted by atomic mass is 9.72. The smallest absolute Gasteiger partial charge is 0.435 e. The normalized spacial score (nSPS) is 23.8. The van der Waals surface area contributed by atoms with E-state index in [0.29, 0.717) is 12.1 Å². The van der Waals surface area contributed by atoms with Crippen molar-refractivity contribution >= 4 is 21.7 Å². The van der Waals surface area contributed by atoms with Gasteiger partial charge in [-0.05, 0) is 73.9 Å². The van der Waals surface area contributed by atoms with Gasteiger partial charge in [0.2, 0.25) is 5.91 Å². The summed E-state index contributed by atoms with van der Waals surface area (Å²) >= 11 is 0. The molecule has 0 unspecified atom stereocenters. The molecule has 0 saturated heterocycles. The van der Waals surface area contributed by atoms with Crippen LogP contribution in [0.1, 0.15) is 42.9 Å². The maximum absolute atomic E-state index is 14.9. The van der Waals surface area contributed by atoms with E-state index in [0.717, 1.165) is 24.3 Å². The third-order valence-electron chi connectivity index (χ3n) is 8.05. The molecule has 0 spiro atoms. The van der Waals surface area contributed by atoms with Crippen molar-refractivity contribution < 1.29 is 58.2 Å². The van der Waals surface area contributed by atoms with Crippen LogP contribution in [0.5, 0.6) is 0 Å². The molecule has 0 aliphatic heterocycles. The van der Waals surface area contributed by atoms with Gasteiger partial charge in [0, 0.05) is 11.5 Å². The number of hydrogen-bond donors (Lipinski definition) is 2. The van der Waals surface area contributed by atoms with Crippen LogP contribution in [0.15, 0.2) is 47.4 Å². The molecule has 2 aromatic carbocycles. The monoisotopic (exact) mass is 613 g/mol. The highest BCUT2D eigenvalue weighted by molar-refractivity contribution is 7.92. The molecule has 4 atom stereocenters. The number of benzene rings is 2. The van der Waals surface area contributed by atoms with Crippen molar-refractivity contribution in [2.24, 2.45) is 11.8 Å². The van der Waals surface area contributed by atoms with Crippen LogP contribution in [-0.4, -0.2) is 43.8 Å². The molecule has 224 valence electrons. The van der Waals surface area contributed by atoms with E-state index < -0.39 is 78.6 Å². The number of carboxylic acid groups (broad SMARTS) is 1. The summed E-state index contributed by atoms with van der Waals surface area (Å²) in [5.74, 6) is -5.12. The second kappa shape index (κ2) is 9.95. The highest BCUT2D eigenvalue weighted by Crippen LogP contribution is 2.60. The number of aliphatic carboxylic acids is 1. The Morgan fingerprint density at radius 2 is 1.56 bits per heavy atom. The fourth-order valence-electron chi connectivity index (χ4n) is 6.08. The van der Waals surface area contributed by atoms with Crippen LogP contribution in [-0.2, 0) is 36.3 Å². The lowest BCUT2D eigenvalue weighted by Gasteiger charge is -2.42. The molecule has 2 aliphatic carbocycles. The van der Waals surface area contributed by atoms with Crippen LogP contribution in [0.3, 0.4) is 0 Å². The minimum Gasteiger partial charge on any atom is -0.480 e. The number of hydrogen-bond acceptors (Lipinski definition) is 4. The Morgan fingerprint density at radius 1 is 0.976 bits per heavy atom. The lowest BCUT2D eigenvalue weighted by molar-refractivity contribution is -0.348. The predicted octanol–water partition coefficient (Wildman–Crippen LogP) is 5.35. The molecule has 0 aromatic heterocycles. The van der Waals surface area contributed by atoms with Gasteiger partial charge in [-0.2, -0.15) is 26.3 Å². The fraction of sp³-hybridized carbons (Fsp3) is 0.462. The van der Waals surface area contributed by atoms with Crippen molar-refractivity contribution in [3.05, 3.63) is 65.0 Å². The molecule has 0 bridgehead atoms. The van der Waals surface area contributed by atoms with Crippen molar-refractivity contribution in [1.82, 2.24) is 5.32 Å². The first-order chi connectivity index (χ1) is 18.8. The van der Waals surface area contributed by atoms with Crippen molar-refractivity contribution in [3.63, 3.8) is 0 Å². The number of halogens is 8. The van der Waals surface area contributed by atoms with Crippen molar-refractivity contribution in [2.45, 2.75) is 66.3 Å². The molecule has 2 N–H and O–H groups in total. The third-order valence-corrected chi connectivity index (χ3v) is 10.6. The lowest BCUT2D eigenvalue weighted by Crippen LogP contribution is -2.51. The first kappa shape index (κ1) is 30.7. The molecular formula is C26H23F8NO5S. The SMILES string of the molecule is C[C@H](NC(=O)[C@@H]1CC[C@@]2(S(=O)(=O)c3ccc(F)cc3)c3ccc(C(F)(C(F)(F)F)C(F)(F)F)cc3CC[C@@H]12)C(=O)O.